The normalized spacial score (nSPS) is 18.2. The van der Waals surface area contributed by atoms with E-state index in [2.05, 4.69) is 21.3 Å². The molecule has 0 amide bonds. The van der Waals surface area contributed by atoms with Gasteiger partial charge in [-0.05, 0) is 31.1 Å². The molecule has 1 aromatic heterocycles. The fraction of sp³-hybridized carbons (Fsp3) is 0.643. The number of pyridine rings is 1. The lowest BCUT2D eigenvalue weighted by Gasteiger charge is -2.47. The topological polar surface area (TPSA) is 46.6 Å². The van der Waals surface area contributed by atoms with Crippen molar-refractivity contribution in [3.05, 3.63) is 30.1 Å². The molecule has 1 aliphatic heterocycles. The smallest absolute Gasteiger partial charge is 0.193 e. The average Bonchev–Trinajstić information content (AvgIpc) is 2.42. The molecule has 19 heavy (non-hydrogen) atoms. The molecule has 1 N–H and O–H groups in total. The first-order valence-electron chi connectivity index (χ1n) is 6.70. The van der Waals surface area contributed by atoms with Gasteiger partial charge in [-0.25, -0.2) is 0 Å². The first-order valence-corrected chi connectivity index (χ1v) is 6.70. The molecule has 0 spiro atoms. The van der Waals surface area contributed by atoms with Crippen LogP contribution in [-0.2, 0) is 16.0 Å². The van der Waals surface area contributed by atoms with Crippen molar-refractivity contribution in [1.29, 1.82) is 0 Å². The Morgan fingerprint density at radius 1 is 1.37 bits per heavy atom. The SMILES string of the molecule is COC1(OC)CN(CCCNCc2cccnc2)C1. The molecule has 5 nitrogen and oxygen atoms in total. The van der Waals surface area contributed by atoms with Crippen molar-refractivity contribution >= 4 is 0 Å². The molecule has 0 atom stereocenters. The summed E-state index contributed by atoms with van der Waals surface area (Å²) in [6.45, 7) is 4.70. The Morgan fingerprint density at radius 2 is 2.16 bits per heavy atom. The third kappa shape index (κ3) is 3.98. The monoisotopic (exact) mass is 265 g/mol. The molecule has 5 heteroatoms. The van der Waals surface area contributed by atoms with Crippen LogP contribution in [0.25, 0.3) is 0 Å². The summed E-state index contributed by atoms with van der Waals surface area (Å²) in [4.78, 5) is 6.44. The summed E-state index contributed by atoms with van der Waals surface area (Å²) in [6.07, 6.45) is 4.82. The fourth-order valence-electron chi connectivity index (χ4n) is 2.30. The van der Waals surface area contributed by atoms with Crippen LogP contribution in [-0.4, -0.2) is 56.1 Å². The number of rotatable bonds is 8. The molecule has 1 aromatic rings. The van der Waals surface area contributed by atoms with E-state index in [0.29, 0.717) is 0 Å². The molecule has 2 rings (SSSR count). The third-order valence-electron chi connectivity index (χ3n) is 3.55. The number of nitrogens with one attached hydrogen (secondary N) is 1. The quantitative estimate of drug-likeness (QED) is 0.558. The second-order valence-electron chi connectivity index (χ2n) is 4.92. The number of hydrogen-bond acceptors (Lipinski definition) is 5. The predicted octanol–water partition coefficient (Wildman–Crippen LogP) is 0.866. The fourth-order valence-corrected chi connectivity index (χ4v) is 2.30. The summed E-state index contributed by atoms with van der Waals surface area (Å²) < 4.78 is 10.7. The highest BCUT2D eigenvalue weighted by Crippen LogP contribution is 2.24. The third-order valence-corrected chi connectivity index (χ3v) is 3.55. The summed E-state index contributed by atoms with van der Waals surface area (Å²) in [5, 5.41) is 3.42. The van der Waals surface area contributed by atoms with Crippen LogP contribution in [0, 0.1) is 0 Å². The van der Waals surface area contributed by atoms with Gasteiger partial charge in [0.25, 0.3) is 0 Å². The van der Waals surface area contributed by atoms with E-state index in [0.717, 1.165) is 39.1 Å². The molecule has 1 saturated heterocycles. The Labute approximate surface area is 114 Å². The van der Waals surface area contributed by atoms with Gasteiger partial charge in [-0.1, -0.05) is 6.07 Å². The maximum atomic E-state index is 5.35. The number of ether oxygens (including phenoxy) is 2. The molecule has 0 aliphatic carbocycles. The minimum Gasteiger partial charge on any atom is -0.351 e. The van der Waals surface area contributed by atoms with Crippen molar-refractivity contribution in [3.63, 3.8) is 0 Å². The van der Waals surface area contributed by atoms with Crippen LogP contribution >= 0.6 is 0 Å². The number of aromatic nitrogens is 1. The van der Waals surface area contributed by atoms with Gasteiger partial charge < -0.3 is 14.8 Å². The van der Waals surface area contributed by atoms with Crippen molar-refractivity contribution in [2.75, 3.05) is 40.4 Å². The Hall–Kier alpha value is -1.01. The van der Waals surface area contributed by atoms with E-state index >= 15 is 0 Å². The molecule has 106 valence electrons. The molecule has 1 fully saturated rings. The van der Waals surface area contributed by atoms with Crippen LogP contribution in [0.3, 0.4) is 0 Å². The number of likely N-dealkylation sites (tertiary alicyclic amines) is 1. The van der Waals surface area contributed by atoms with Gasteiger partial charge in [0.15, 0.2) is 5.79 Å². The Bertz CT molecular complexity index is 360. The Kier molecular flexibility index (Phi) is 5.27. The van der Waals surface area contributed by atoms with Crippen LogP contribution < -0.4 is 5.32 Å². The van der Waals surface area contributed by atoms with Crippen LogP contribution in [0.15, 0.2) is 24.5 Å². The molecule has 0 saturated carbocycles. The van der Waals surface area contributed by atoms with E-state index in [1.807, 2.05) is 12.3 Å². The van der Waals surface area contributed by atoms with Gasteiger partial charge in [-0.3, -0.25) is 9.88 Å². The lowest BCUT2D eigenvalue weighted by molar-refractivity contribution is -0.275. The Balaban J connectivity index is 1.52. The molecular weight excluding hydrogens is 242 g/mol. The zero-order valence-corrected chi connectivity index (χ0v) is 11.8. The highest BCUT2D eigenvalue weighted by molar-refractivity contribution is 5.07. The van der Waals surface area contributed by atoms with Gasteiger partial charge in [0.2, 0.25) is 0 Å². The standard InChI is InChI=1S/C14H23N3O2/c1-18-14(19-2)11-17(12-14)8-4-7-16-10-13-5-3-6-15-9-13/h3,5-6,9,16H,4,7-8,10-12H2,1-2H3. The number of nitrogens with zero attached hydrogens (tertiary/aromatic N) is 2. The van der Waals surface area contributed by atoms with Crippen LogP contribution in [0.1, 0.15) is 12.0 Å². The van der Waals surface area contributed by atoms with Crippen molar-refractivity contribution in [2.24, 2.45) is 0 Å². The van der Waals surface area contributed by atoms with E-state index in [1.165, 1.54) is 5.56 Å². The molecular formula is C14H23N3O2. The van der Waals surface area contributed by atoms with Crippen LogP contribution in [0.2, 0.25) is 0 Å². The van der Waals surface area contributed by atoms with E-state index in [-0.39, 0.29) is 5.79 Å². The molecule has 0 aromatic carbocycles. The van der Waals surface area contributed by atoms with Crippen LogP contribution in [0.4, 0.5) is 0 Å². The van der Waals surface area contributed by atoms with Crippen molar-refractivity contribution in [2.45, 2.75) is 18.8 Å². The van der Waals surface area contributed by atoms with E-state index in [1.54, 1.807) is 20.4 Å². The van der Waals surface area contributed by atoms with Gasteiger partial charge >= 0.3 is 0 Å². The number of hydrogen-bond donors (Lipinski definition) is 1. The lowest BCUT2D eigenvalue weighted by Crippen LogP contribution is -2.63. The summed E-state index contributed by atoms with van der Waals surface area (Å²) in [7, 11) is 3.41. The second kappa shape index (κ2) is 6.96. The minimum absolute atomic E-state index is 0.358. The van der Waals surface area contributed by atoms with Gasteiger partial charge in [-0.15, -0.1) is 0 Å². The largest absolute Gasteiger partial charge is 0.351 e. The highest BCUT2D eigenvalue weighted by atomic mass is 16.7. The van der Waals surface area contributed by atoms with E-state index < -0.39 is 0 Å². The number of methoxy groups -OCH3 is 2. The first kappa shape index (κ1) is 14.4. The molecule has 1 aliphatic rings. The molecule has 0 bridgehead atoms. The summed E-state index contributed by atoms with van der Waals surface area (Å²) in [5.41, 5.74) is 1.23. The van der Waals surface area contributed by atoms with E-state index in [4.69, 9.17) is 9.47 Å². The summed E-state index contributed by atoms with van der Waals surface area (Å²) in [5.74, 6) is -0.358. The molecule has 0 radical (unpaired) electrons. The maximum Gasteiger partial charge on any atom is 0.193 e. The maximum absolute atomic E-state index is 5.35. The van der Waals surface area contributed by atoms with Gasteiger partial charge in [0, 0.05) is 33.2 Å². The van der Waals surface area contributed by atoms with Crippen molar-refractivity contribution in [1.82, 2.24) is 15.2 Å². The first-order chi connectivity index (χ1) is 9.28. The van der Waals surface area contributed by atoms with Crippen LogP contribution in [0.5, 0.6) is 0 Å². The van der Waals surface area contributed by atoms with Crippen molar-refractivity contribution < 1.29 is 9.47 Å². The summed E-state index contributed by atoms with van der Waals surface area (Å²) >= 11 is 0. The zero-order valence-electron chi connectivity index (χ0n) is 11.8. The summed E-state index contributed by atoms with van der Waals surface area (Å²) in [6, 6.07) is 4.05. The average molecular weight is 265 g/mol. The van der Waals surface area contributed by atoms with Crippen molar-refractivity contribution in [3.8, 4) is 0 Å². The lowest BCUT2D eigenvalue weighted by atomic mass is 10.1. The van der Waals surface area contributed by atoms with Gasteiger partial charge in [0.05, 0.1) is 13.1 Å². The zero-order chi connectivity index (χ0) is 13.6. The Morgan fingerprint density at radius 3 is 2.79 bits per heavy atom. The van der Waals surface area contributed by atoms with E-state index in [9.17, 15) is 0 Å². The van der Waals surface area contributed by atoms with Gasteiger partial charge in [0.1, 0.15) is 0 Å². The highest BCUT2D eigenvalue weighted by Gasteiger charge is 2.43. The molecule has 0 unspecified atom stereocenters. The minimum atomic E-state index is -0.358. The van der Waals surface area contributed by atoms with Gasteiger partial charge in [-0.2, -0.15) is 0 Å². The predicted molar refractivity (Wildman–Crippen MR) is 73.7 cm³/mol. The molecule has 2 heterocycles. The second-order valence-corrected chi connectivity index (χ2v) is 4.92.